The number of aliphatic carboxylic acids is 1. The van der Waals surface area contributed by atoms with Gasteiger partial charge in [0.15, 0.2) is 0 Å². The minimum Gasteiger partial charge on any atom is -0.481 e. The van der Waals surface area contributed by atoms with Gasteiger partial charge in [-0.05, 0) is 5.41 Å². The van der Waals surface area contributed by atoms with Gasteiger partial charge in [0.2, 0.25) is 5.91 Å². The molecule has 4 heteroatoms. The largest absolute Gasteiger partial charge is 0.481 e. The van der Waals surface area contributed by atoms with Gasteiger partial charge in [0.25, 0.3) is 0 Å². The van der Waals surface area contributed by atoms with Crippen molar-refractivity contribution < 1.29 is 14.7 Å². The maximum atomic E-state index is 11.7. The molecule has 88 valence electrons. The summed E-state index contributed by atoms with van der Waals surface area (Å²) in [5.41, 5.74) is -0.841. The van der Waals surface area contributed by atoms with E-state index in [-0.39, 0.29) is 17.7 Å². The minimum atomic E-state index is -0.953. The molecule has 0 fully saturated rings. The lowest BCUT2D eigenvalue weighted by molar-refractivity contribution is -0.144. The molecule has 0 bridgehead atoms. The summed E-state index contributed by atoms with van der Waals surface area (Å²) in [5.74, 6) is -1.16. The fraction of sp³-hybridized carbons (Fsp3) is 0.818. The van der Waals surface area contributed by atoms with Crippen LogP contribution in [0.1, 0.15) is 41.0 Å². The number of carboxylic acids is 1. The highest BCUT2D eigenvalue weighted by atomic mass is 16.4. The molecule has 2 N–H and O–H groups in total. The summed E-state index contributed by atoms with van der Waals surface area (Å²) >= 11 is 0. The van der Waals surface area contributed by atoms with Crippen molar-refractivity contribution in [3.05, 3.63) is 0 Å². The first-order valence-corrected chi connectivity index (χ1v) is 5.05. The second-order valence-electron chi connectivity index (χ2n) is 5.70. The van der Waals surface area contributed by atoms with Crippen LogP contribution in [0.4, 0.5) is 0 Å². The molecule has 0 spiro atoms. The number of carbonyl (C=O) groups excluding carboxylic acids is 1. The fourth-order valence-corrected chi connectivity index (χ4v) is 1.04. The highest BCUT2D eigenvalue weighted by molar-refractivity contribution is 5.86. The fourth-order valence-electron chi connectivity index (χ4n) is 1.04. The van der Waals surface area contributed by atoms with Gasteiger partial charge in [0, 0.05) is 6.54 Å². The van der Waals surface area contributed by atoms with E-state index >= 15 is 0 Å². The Morgan fingerprint density at radius 1 is 1.13 bits per heavy atom. The van der Waals surface area contributed by atoms with Gasteiger partial charge < -0.3 is 10.4 Å². The molecular formula is C11H21NO3. The zero-order valence-corrected chi connectivity index (χ0v) is 10.2. The minimum absolute atomic E-state index is 0.00889. The topological polar surface area (TPSA) is 66.4 Å². The van der Waals surface area contributed by atoms with Crippen LogP contribution in [0.15, 0.2) is 0 Å². The summed E-state index contributed by atoms with van der Waals surface area (Å²) in [4.78, 5) is 22.2. The van der Waals surface area contributed by atoms with Gasteiger partial charge in [-0.3, -0.25) is 9.59 Å². The molecule has 0 aliphatic carbocycles. The van der Waals surface area contributed by atoms with Gasteiger partial charge in [0.1, 0.15) is 0 Å². The van der Waals surface area contributed by atoms with E-state index in [9.17, 15) is 9.59 Å². The van der Waals surface area contributed by atoms with Crippen LogP contribution >= 0.6 is 0 Å². The highest BCUT2D eigenvalue weighted by Gasteiger charge is 2.30. The molecule has 0 aromatic carbocycles. The number of amides is 1. The van der Waals surface area contributed by atoms with Crippen LogP contribution in [0.25, 0.3) is 0 Å². The van der Waals surface area contributed by atoms with Crippen molar-refractivity contribution in [2.24, 2.45) is 10.8 Å². The Morgan fingerprint density at radius 3 is 1.93 bits per heavy atom. The van der Waals surface area contributed by atoms with Crippen molar-refractivity contribution in [2.45, 2.75) is 41.0 Å². The predicted octanol–water partition coefficient (Wildman–Crippen LogP) is 1.65. The predicted molar refractivity (Wildman–Crippen MR) is 58.5 cm³/mol. The summed E-state index contributed by atoms with van der Waals surface area (Å²) in [5, 5.41) is 11.4. The van der Waals surface area contributed by atoms with E-state index in [4.69, 9.17) is 5.11 Å². The van der Waals surface area contributed by atoms with E-state index in [0.29, 0.717) is 6.54 Å². The van der Waals surface area contributed by atoms with Crippen LogP contribution in [0.5, 0.6) is 0 Å². The standard InChI is InChI=1S/C11H21NO3/c1-10(2,3)7-12-9(15)11(4,5)6-8(13)14/h6-7H2,1-5H3,(H,12,15)(H,13,14). The van der Waals surface area contributed by atoms with Crippen molar-refractivity contribution in [1.29, 1.82) is 0 Å². The molecular weight excluding hydrogens is 194 g/mol. The molecule has 0 rings (SSSR count). The molecule has 15 heavy (non-hydrogen) atoms. The molecule has 1 amide bonds. The number of hydrogen-bond acceptors (Lipinski definition) is 2. The lowest BCUT2D eigenvalue weighted by atomic mass is 9.87. The zero-order valence-electron chi connectivity index (χ0n) is 10.2. The van der Waals surface area contributed by atoms with Crippen molar-refractivity contribution in [1.82, 2.24) is 5.32 Å². The maximum absolute atomic E-state index is 11.7. The second-order valence-corrected chi connectivity index (χ2v) is 5.70. The molecule has 0 aromatic rings. The van der Waals surface area contributed by atoms with E-state index in [2.05, 4.69) is 5.32 Å². The van der Waals surface area contributed by atoms with Crippen molar-refractivity contribution in [2.75, 3.05) is 6.54 Å². The first-order valence-electron chi connectivity index (χ1n) is 5.05. The third kappa shape index (κ3) is 6.10. The van der Waals surface area contributed by atoms with Gasteiger partial charge in [-0.2, -0.15) is 0 Å². The molecule has 0 saturated carbocycles. The van der Waals surface area contributed by atoms with Gasteiger partial charge in [-0.15, -0.1) is 0 Å². The van der Waals surface area contributed by atoms with Gasteiger partial charge in [-0.1, -0.05) is 34.6 Å². The Bertz CT molecular complexity index is 251. The summed E-state index contributed by atoms with van der Waals surface area (Å²) in [7, 11) is 0. The van der Waals surface area contributed by atoms with Crippen LogP contribution in [0, 0.1) is 10.8 Å². The van der Waals surface area contributed by atoms with Gasteiger partial charge in [0.05, 0.1) is 11.8 Å². The Morgan fingerprint density at radius 2 is 1.60 bits per heavy atom. The maximum Gasteiger partial charge on any atom is 0.304 e. The Kier molecular flexibility index (Phi) is 4.31. The molecule has 4 nitrogen and oxygen atoms in total. The molecule has 0 unspecified atom stereocenters. The lowest BCUT2D eigenvalue weighted by Crippen LogP contribution is -2.41. The first-order chi connectivity index (χ1) is 6.54. The average molecular weight is 215 g/mol. The molecule has 0 aliphatic heterocycles. The van der Waals surface area contributed by atoms with E-state index in [1.165, 1.54) is 0 Å². The smallest absolute Gasteiger partial charge is 0.304 e. The van der Waals surface area contributed by atoms with Crippen LogP contribution in [-0.2, 0) is 9.59 Å². The van der Waals surface area contributed by atoms with Crippen molar-refractivity contribution in [3.63, 3.8) is 0 Å². The van der Waals surface area contributed by atoms with Crippen LogP contribution in [-0.4, -0.2) is 23.5 Å². The van der Waals surface area contributed by atoms with Crippen LogP contribution in [0.3, 0.4) is 0 Å². The number of rotatable bonds is 4. The van der Waals surface area contributed by atoms with E-state index < -0.39 is 11.4 Å². The second kappa shape index (κ2) is 4.64. The number of carbonyl (C=O) groups is 2. The molecule has 0 aliphatic rings. The quantitative estimate of drug-likeness (QED) is 0.749. The average Bonchev–Trinajstić information content (AvgIpc) is 1.95. The molecule has 0 radical (unpaired) electrons. The highest BCUT2D eigenvalue weighted by Crippen LogP contribution is 2.21. The Balaban J connectivity index is 4.26. The zero-order chi connectivity index (χ0) is 12.3. The van der Waals surface area contributed by atoms with Crippen LogP contribution < -0.4 is 5.32 Å². The lowest BCUT2D eigenvalue weighted by Gasteiger charge is -2.25. The molecule has 0 atom stereocenters. The third-order valence-corrected chi connectivity index (χ3v) is 1.99. The number of nitrogens with one attached hydrogen (secondary N) is 1. The van der Waals surface area contributed by atoms with E-state index in [1.807, 2.05) is 20.8 Å². The van der Waals surface area contributed by atoms with Crippen molar-refractivity contribution in [3.8, 4) is 0 Å². The SMILES string of the molecule is CC(C)(C)CNC(=O)C(C)(C)CC(=O)O. The Hall–Kier alpha value is -1.06. The number of hydrogen-bond donors (Lipinski definition) is 2. The Labute approximate surface area is 91.1 Å². The monoisotopic (exact) mass is 215 g/mol. The first kappa shape index (κ1) is 13.9. The van der Waals surface area contributed by atoms with E-state index in [0.717, 1.165) is 0 Å². The summed E-state index contributed by atoms with van der Waals surface area (Å²) in [6.07, 6.45) is -0.150. The third-order valence-electron chi connectivity index (χ3n) is 1.99. The van der Waals surface area contributed by atoms with Gasteiger partial charge in [-0.25, -0.2) is 0 Å². The molecule has 0 saturated heterocycles. The van der Waals surface area contributed by atoms with E-state index in [1.54, 1.807) is 13.8 Å². The normalized spacial score (nSPS) is 12.3. The molecule has 0 aromatic heterocycles. The van der Waals surface area contributed by atoms with Gasteiger partial charge >= 0.3 is 5.97 Å². The number of carboxylic acid groups (broad SMARTS) is 1. The summed E-state index contributed by atoms with van der Waals surface area (Å²) < 4.78 is 0. The molecule has 0 heterocycles. The van der Waals surface area contributed by atoms with Crippen molar-refractivity contribution >= 4 is 11.9 Å². The van der Waals surface area contributed by atoms with Crippen LogP contribution in [0.2, 0.25) is 0 Å². The summed E-state index contributed by atoms with van der Waals surface area (Å²) in [6.45, 7) is 9.86. The summed E-state index contributed by atoms with van der Waals surface area (Å²) in [6, 6.07) is 0.